The summed E-state index contributed by atoms with van der Waals surface area (Å²) >= 11 is 0. The molecule has 14 atom stereocenters. The van der Waals surface area contributed by atoms with Crippen LogP contribution in [0.3, 0.4) is 0 Å². The Bertz CT molecular complexity index is 3690. The molecule has 0 bridgehead atoms. The fourth-order valence-electron chi connectivity index (χ4n) is 15.1. The van der Waals surface area contributed by atoms with Crippen molar-refractivity contribution in [3.05, 3.63) is 281 Å². The van der Waals surface area contributed by atoms with Crippen molar-refractivity contribution in [2.24, 2.45) is 11.8 Å². The van der Waals surface area contributed by atoms with Gasteiger partial charge in [0.2, 0.25) is 0 Å². The van der Waals surface area contributed by atoms with Crippen molar-refractivity contribution in [2.45, 2.75) is 197 Å². The van der Waals surface area contributed by atoms with Gasteiger partial charge in [-0.1, -0.05) is 251 Å². The summed E-state index contributed by atoms with van der Waals surface area (Å²) in [4.78, 5) is 31.7. The third-order valence-electron chi connectivity index (χ3n) is 20.5. The first-order chi connectivity index (χ1) is 50.2. The topological polar surface area (TPSA) is 159 Å². The van der Waals surface area contributed by atoms with E-state index in [1.165, 1.54) is 4.90 Å². The predicted octanol–water partition coefficient (Wildman–Crippen LogP) is 15.9. The molecule has 0 spiro atoms. The Hall–Kier alpha value is -7.74. The number of benzene rings is 8. The molecule has 2 amide bonds. The van der Waals surface area contributed by atoms with Gasteiger partial charge in [0.05, 0.1) is 120 Å². The minimum Gasteiger partial charge on any atom is -0.497 e. The van der Waals surface area contributed by atoms with E-state index in [4.69, 9.17) is 52.1 Å². The molecular weight excluding hydrogens is 1280 g/mol. The summed E-state index contributed by atoms with van der Waals surface area (Å²) < 4.78 is 75.7. The lowest BCUT2D eigenvalue weighted by atomic mass is 9.75. The van der Waals surface area contributed by atoms with Crippen LogP contribution in [-0.4, -0.2) is 122 Å². The number of aliphatic hydroxyl groups is 1. The van der Waals surface area contributed by atoms with Crippen LogP contribution in [0.2, 0.25) is 0 Å². The molecule has 3 saturated heterocycles. The normalized spacial score (nSPS) is 25.0. The molecule has 15 nitrogen and oxygen atoms in total. The Labute approximate surface area is 602 Å². The number of amides is 2. The monoisotopic (exact) mass is 1380 g/mol. The van der Waals surface area contributed by atoms with Crippen LogP contribution in [0.5, 0.6) is 5.75 Å². The Morgan fingerprint density at radius 1 is 0.402 bits per heavy atom. The van der Waals surface area contributed by atoms with Crippen LogP contribution >= 0.6 is 0 Å². The number of methoxy groups -OCH3 is 1. The third-order valence-corrected chi connectivity index (χ3v) is 20.5. The number of hydrogen-bond acceptors (Lipinski definition) is 14. The molecule has 0 radical (unpaired) electrons. The van der Waals surface area contributed by atoms with Crippen molar-refractivity contribution >= 4 is 11.8 Å². The van der Waals surface area contributed by atoms with Crippen LogP contribution in [0.25, 0.3) is 0 Å². The molecule has 8 aromatic rings. The maximum atomic E-state index is 15.1. The number of rotatable bonds is 38. The van der Waals surface area contributed by atoms with Crippen LogP contribution in [-0.2, 0) is 93.6 Å². The van der Waals surface area contributed by atoms with Gasteiger partial charge in [0.1, 0.15) is 36.3 Å². The van der Waals surface area contributed by atoms with Gasteiger partial charge in [-0.3, -0.25) is 14.5 Å². The number of hydrogen-bond donors (Lipinski definition) is 1. The summed E-state index contributed by atoms with van der Waals surface area (Å²) in [7, 11) is 1.67. The zero-order chi connectivity index (χ0) is 70.1. The summed E-state index contributed by atoms with van der Waals surface area (Å²) in [5.41, 5.74) is 7.70. The summed E-state index contributed by atoms with van der Waals surface area (Å²) in [5, 5.41) is 13.7. The molecule has 0 aliphatic carbocycles. The van der Waals surface area contributed by atoms with Crippen LogP contribution in [0.4, 0.5) is 0 Å². The first-order valence-corrected chi connectivity index (χ1v) is 36.9. The Morgan fingerprint density at radius 3 is 1.33 bits per heavy atom. The molecule has 4 aliphatic heterocycles. The van der Waals surface area contributed by atoms with E-state index in [-0.39, 0.29) is 64.3 Å². The summed E-state index contributed by atoms with van der Waals surface area (Å²) in [6.45, 7) is 5.23. The second kappa shape index (κ2) is 38.7. The molecule has 15 heteroatoms. The van der Waals surface area contributed by atoms with E-state index in [0.29, 0.717) is 37.4 Å². The lowest BCUT2D eigenvalue weighted by molar-refractivity contribution is -0.278. The number of nitrogens with zero attached hydrogens (tertiary/aromatic N) is 1. The fraction of sp³-hybridized carbons (Fsp3) is 0.425. The average molecular weight is 1380 g/mol. The molecule has 1 N–H and O–H groups in total. The van der Waals surface area contributed by atoms with Crippen LogP contribution < -0.4 is 4.74 Å². The first kappa shape index (κ1) is 74.0. The SMILES string of the molecule is COc1ccc(COCCCCCCCCCC[C@@H]2OC[C@@H](C[C@@H]3O[C@H](COCc4ccccc4)[C@H](OCc4ccccc4)[C@H](O)[C@H]3C[C@@H]3O[C@@H](C)[C@@H](OCc4ccccc4)[C@@H](OCc4ccccc4)[C@@H]3OCc3ccccc3)[C@H](OCc3ccccc3)[C@H]2N2C(=O)c3ccccc3C2=O)cc1. The largest absolute Gasteiger partial charge is 0.497 e. The van der Waals surface area contributed by atoms with E-state index < -0.39 is 85.0 Å². The molecule has 0 aromatic heterocycles. The van der Waals surface area contributed by atoms with E-state index in [0.717, 1.165) is 103 Å². The smallest absolute Gasteiger partial charge is 0.261 e. The Kier molecular flexibility index (Phi) is 28.1. The van der Waals surface area contributed by atoms with E-state index in [1.807, 2.05) is 201 Å². The zero-order valence-corrected chi connectivity index (χ0v) is 59.1. The number of imide groups is 1. The van der Waals surface area contributed by atoms with Gasteiger partial charge >= 0.3 is 0 Å². The van der Waals surface area contributed by atoms with Crippen LogP contribution in [0, 0.1) is 11.8 Å². The molecule has 8 aromatic carbocycles. The highest BCUT2D eigenvalue weighted by molar-refractivity contribution is 6.21. The summed E-state index contributed by atoms with van der Waals surface area (Å²) in [6, 6.07) is 74.6. The van der Waals surface area contributed by atoms with Crippen LogP contribution in [0.15, 0.2) is 231 Å². The molecule has 3 fully saturated rings. The second-order valence-electron chi connectivity index (χ2n) is 27.7. The van der Waals surface area contributed by atoms with Crippen molar-refractivity contribution in [2.75, 3.05) is 26.9 Å². The van der Waals surface area contributed by atoms with Gasteiger partial charge in [-0.15, -0.1) is 0 Å². The van der Waals surface area contributed by atoms with E-state index in [1.54, 1.807) is 31.4 Å². The van der Waals surface area contributed by atoms with Gasteiger partial charge < -0.3 is 57.2 Å². The number of aliphatic hydroxyl groups excluding tert-OH is 1. The van der Waals surface area contributed by atoms with Gasteiger partial charge in [0.25, 0.3) is 11.8 Å². The predicted molar refractivity (Wildman–Crippen MR) is 391 cm³/mol. The molecule has 0 saturated carbocycles. The molecule has 4 aliphatic rings. The van der Waals surface area contributed by atoms with Crippen molar-refractivity contribution in [3.8, 4) is 5.75 Å². The van der Waals surface area contributed by atoms with Crippen molar-refractivity contribution < 1.29 is 66.8 Å². The molecule has 4 heterocycles. The third kappa shape index (κ3) is 20.4. The fourth-order valence-corrected chi connectivity index (χ4v) is 15.1. The zero-order valence-electron chi connectivity index (χ0n) is 59.1. The van der Waals surface area contributed by atoms with Crippen molar-refractivity contribution in [1.82, 2.24) is 4.90 Å². The molecule has 102 heavy (non-hydrogen) atoms. The number of unbranched alkanes of at least 4 members (excludes halogenated alkanes) is 7. The van der Waals surface area contributed by atoms with Gasteiger partial charge in [-0.05, 0) is 95.8 Å². The maximum absolute atomic E-state index is 15.1. The molecule has 0 unspecified atom stereocenters. The number of fused-ring (bicyclic) bond motifs is 1. The Balaban J connectivity index is 0.847. The molecular formula is C87H101NO14. The van der Waals surface area contributed by atoms with E-state index >= 15 is 9.59 Å². The standard InChI is InChI=1S/C87H101NO14/c1-62-81(96-55-64-33-17-10-18-34-64)85(100-59-68-41-25-14-26-42-68)84(99-58-67-39-23-13-24-40-67)77(101-62)52-74-76(102-78(61-94-54-63-31-15-9-16-32-63)83(80(74)89)98-57-66-37-21-12-22-38-66)51-70-60-95-75(45-27-7-5-3-4-6-8-30-50-93-53-69-46-48-71(92-2)49-47-69)79(82(70)97-56-65-35-19-11-20-36-65)88-86(90)72-43-28-29-44-73(72)87(88)91/h9-26,28-29,31-44,46-49,62,70,74-85,89H,3-8,27,30,45,50-61H2,1-2H3/t62-,70+,74-,75-,76-,77-,78+,79-,80+,81+,82-,83-,84+,85+/m0/s1. The number of ether oxygens (including phenoxy) is 11. The maximum Gasteiger partial charge on any atom is 0.261 e. The first-order valence-electron chi connectivity index (χ1n) is 36.9. The highest BCUT2D eigenvalue weighted by Crippen LogP contribution is 2.44. The average Bonchev–Trinajstić information content (AvgIpc) is 1.50. The quantitative estimate of drug-likeness (QED) is 0.0288. The summed E-state index contributed by atoms with van der Waals surface area (Å²) in [5.74, 6) is -1.06. The lowest BCUT2D eigenvalue weighted by Crippen LogP contribution is -2.64. The van der Waals surface area contributed by atoms with E-state index in [9.17, 15) is 5.11 Å². The van der Waals surface area contributed by atoms with Gasteiger partial charge in [-0.2, -0.15) is 0 Å². The highest BCUT2D eigenvalue weighted by Gasteiger charge is 2.56. The number of carbonyl (C=O) groups excluding carboxylic acids is 2. The highest BCUT2D eigenvalue weighted by atomic mass is 16.6. The molecule has 12 rings (SSSR count). The minimum absolute atomic E-state index is 0.0973. The van der Waals surface area contributed by atoms with Gasteiger partial charge in [0, 0.05) is 18.4 Å². The van der Waals surface area contributed by atoms with Crippen molar-refractivity contribution in [1.29, 1.82) is 0 Å². The lowest BCUT2D eigenvalue weighted by Gasteiger charge is -2.51. The number of carbonyl (C=O) groups is 2. The van der Waals surface area contributed by atoms with Gasteiger partial charge in [0.15, 0.2) is 0 Å². The Morgan fingerprint density at radius 2 is 0.824 bits per heavy atom. The van der Waals surface area contributed by atoms with Crippen molar-refractivity contribution in [3.63, 3.8) is 0 Å². The van der Waals surface area contributed by atoms with E-state index in [2.05, 4.69) is 12.1 Å². The van der Waals surface area contributed by atoms with Gasteiger partial charge in [-0.25, -0.2) is 0 Å². The molecule has 538 valence electrons. The minimum atomic E-state index is -1.15. The summed E-state index contributed by atoms with van der Waals surface area (Å²) in [6.07, 6.45) is 1.52. The second-order valence-corrected chi connectivity index (χ2v) is 27.7. The van der Waals surface area contributed by atoms with Crippen LogP contribution in [0.1, 0.15) is 137 Å².